The highest BCUT2D eigenvalue weighted by Crippen LogP contribution is 2.36. The number of hydrogen-bond acceptors (Lipinski definition) is 5. The predicted octanol–water partition coefficient (Wildman–Crippen LogP) is 1.78. The zero-order valence-corrected chi connectivity index (χ0v) is 11.8. The number of aromatic nitrogens is 2. The number of hydrogen-bond donors (Lipinski definition) is 1. The summed E-state index contributed by atoms with van der Waals surface area (Å²) in [6, 6.07) is 8.05. The van der Waals surface area contributed by atoms with Gasteiger partial charge >= 0.3 is 0 Å². The lowest BCUT2D eigenvalue weighted by molar-refractivity contribution is 0.0145. The van der Waals surface area contributed by atoms with Gasteiger partial charge in [-0.1, -0.05) is 29.4 Å². The second kappa shape index (κ2) is 4.93. The van der Waals surface area contributed by atoms with Crippen molar-refractivity contribution in [3.05, 3.63) is 47.1 Å². The summed E-state index contributed by atoms with van der Waals surface area (Å²) >= 11 is 0. The minimum absolute atomic E-state index is 0.186. The normalized spacial score (nSPS) is 23.4. The van der Waals surface area contributed by atoms with Crippen LogP contribution in [0.5, 0.6) is 0 Å². The first-order valence-electron chi connectivity index (χ1n) is 7.47. The summed E-state index contributed by atoms with van der Waals surface area (Å²) in [5.41, 5.74) is 1.24. The summed E-state index contributed by atoms with van der Waals surface area (Å²) in [5, 5.41) is 14.8. The fourth-order valence-corrected chi connectivity index (χ4v) is 3.28. The Bertz CT molecular complexity index is 621. The third kappa shape index (κ3) is 2.36. The van der Waals surface area contributed by atoms with E-state index in [1.165, 1.54) is 0 Å². The molecule has 2 heterocycles. The third-order valence-electron chi connectivity index (χ3n) is 4.38. The number of rotatable bonds is 3. The molecule has 1 atom stereocenters. The molecule has 1 aromatic carbocycles. The molecule has 0 bridgehead atoms. The third-order valence-corrected chi connectivity index (χ3v) is 4.38. The van der Waals surface area contributed by atoms with Crippen molar-refractivity contribution in [1.29, 1.82) is 0 Å². The average molecular weight is 286 g/mol. The van der Waals surface area contributed by atoms with Gasteiger partial charge in [0, 0.05) is 25.9 Å². The Kier molecular flexibility index (Phi) is 3.05. The molecule has 1 aromatic heterocycles. The Labute approximate surface area is 122 Å². The van der Waals surface area contributed by atoms with Crippen molar-refractivity contribution >= 4 is 0 Å². The van der Waals surface area contributed by atoms with Crippen LogP contribution in [0, 0.1) is 0 Å². The number of nitrogens with zero attached hydrogens (tertiary/aromatic N) is 2. The van der Waals surface area contributed by atoms with Gasteiger partial charge in [0.2, 0.25) is 0 Å². The zero-order chi connectivity index (χ0) is 14.3. The van der Waals surface area contributed by atoms with Gasteiger partial charge in [0.05, 0.1) is 6.10 Å². The van der Waals surface area contributed by atoms with Crippen molar-refractivity contribution in [3.63, 3.8) is 0 Å². The molecular formula is C16H18N2O3. The van der Waals surface area contributed by atoms with Crippen molar-refractivity contribution in [2.75, 3.05) is 6.61 Å². The highest BCUT2D eigenvalue weighted by Gasteiger charge is 2.41. The van der Waals surface area contributed by atoms with E-state index in [0.717, 1.165) is 30.6 Å². The van der Waals surface area contributed by atoms with Crippen molar-refractivity contribution in [1.82, 2.24) is 10.1 Å². The van der Waals surface area contributed by atoms with Gasteiger partial charge in [0.1, 0.15) is 0 Å². The second-order valence-corrected chi connectivity index (χ2v) is 6.01. The maximum absolute atomic E-state index is 10.8. The van der Waals surface area contributed by atoms with Crippen LogP contribution >= 0.6 is 0 Å². The molecule has 0 spiro atoms. The zero-order valence-electron chi connectivity index (χ0n) is 11.8. The van der Waals surface area contributed by atoms with Crippen molar-refractivity contribution in [2.24, 2.45) is 0 Å². The van der Waals surface area contributed by atoms with Crippen LogP contribution in [-0.4, -0.2) is 28.0 Å². The topological polar surface area (TPSA) is 68.4 Å². The average Bonchev–Trinajstić information content (AvgIpc) is 3.18. The summed E-state index contributed by atoms with van der Waals surface area (Å²) in [4.78, 5) is 4.40. The lowest BCUT2D eigenvalue weighted by Crippen LogP contribution is -2.26. The number of fused-ring (bicyclic) bond motifs is 1. The molecule has 2 aromatic rings. The van der Waals surface area contributed by atoms with Crippen LogP contribution in [0.1, 0.15) is 35.7 Å². The van der Waals surface area contributed by atoms with Gasteiger partial charge in [-0.15, -0.1) is 0 Å². The van der Waals surface area contributed by atoms with Crippen molar-refractivity contribution < 1.29 is 14.4 Å². The first kappa shape index (κ1) is 13.0. The van der Waals surface area contributed by atoms with E-state index in [2.05, 4.69) is 10.1 Å². The van der Waals surface area contributed by atoms with E-state index >= 15 is 0 Å². The number of ether oxygens (including phenoxy) is 1. The van der Waals surface area contributed by atoms with Crippen molar-refractivity contribution in [2.45, 2.75) is 43.8 Å². The highest BCUT2D eigenvalue weighted by molar-refractivity contribution is 5.36. The van der Waals surface area contributed by atoms with Crippen LogP contribution < -0.4 is 0 Å². The SMILES string of the molecule is OC1(c2nc(CC3CCCO3)no2)Cc2ccccc2C1. The molecular weight excluding hydrogens is 268 g/mol. The summed E-state index contributed by atoms with van der Waals surface area (Å²) in [7, 11) is 0. The molecule has 1 saturated heterocycles. The Balaban J connectivity index is 1.53. The van der Waals surface area contributed by atoms with Gasteiger partial charge in [-0.05, 0) is 24.0 Å². The Morgan fingerprint density at radius 2 is 2.00 bits per heavy atom. The van der Waals surface area contributed by atoms with Crippen LogP contribution in [-0.2, 0) is 29.6 Å². The molecule has 1 unspecified atom stereocenters. The fourth-order valence-electron chi connectivity index (χ4n) is 3.28. The predicted molar refractivity (Wildman–Crippen MR) is 74.7 cm³/mol. The molecule has 21 heavy (non-hydrogen) atoms. The van der Waals surface area contributed by atoms with E-state index in [1.54, 1.807) is 0 Å². The fraction of sp³-hybridized carbons (Fsp3) is 0.500. The van der Waals surface area contributed by atoms with E-state index in [1.807, 2.05) is 24.3 Å². The molecule has 1 fully saturated rings. The lowest BCUT2D eigenvalue weighted by atomic mass is 10.0. The second-order valence-electron chi connectivity index (χ2n) is 6.01. The van der Waals surface area contributed by atoms with Crippen LogP contribution in [0.4, 0.5) is 0 Å². The molecule has 1 aliphatic carbocycles. The summed E-state index contributed by atoms with van der Waals surface area (Å²) in [6.45, 7) is 0.814. The minimum Gasteiger partial charge on any atom is -0.379 e. The molecule has 2 aliphatic rings. The van der Waals surface area contributed by atoms with Gasteiger partial charge in [-0.3, -0.25) is 0 Å². The molecule has 1 aliphatic heterocycles. The monoisotopic (exact) mass is 286 g/mol. The van der Waals surface area contributed by atoms with E-state index in [0.29, 0.717) is 31.0 Å². The summed E-state index contributed by atoms with van der Waals surface area (Å²) < 4.78 is 10.9. The quantitative estimate of drug-likeness (QED) is 0.931. The van der Waals surface area contributed by atoms with Crippen molar-refractivity contribution in [3.8, 4) is 0 Å². The van der Waals surface area contributed by atoms with E-state index in [-0.39, 0.29) is 6.10 Å². The van der Waals surface area contributed by atoms with E-state index < -0.39 is 5.60 Å². The molecule has 0 amide bonds. The minimum atomic E-state index is -1.06. The van der Waals surface area contributed by atoms with Gasteiger partial charge in [-0.25, -0.2) is 0 Å². The summed E-state index contributed by atoms with van der Waals surface area (Å²) in [6.07, 6.45) is 4.04. The van der Waals surface area contributed by atoms with Gasteiger partial charge in [-0.2, -0.15) is 4.98 Å². The van der Waals surface area contributed by atoms with E-state index in [9.17, 15) is 5.11 Å². The van der Waals surface area contributed by atoms with Gasteiger partial charge < -0.3 is 14.4 Å². The van der Waals surface area contributed by atoms with Crippen LogP contribution in [0.2, 0.25) is 0 Å². The maximum Gasteiger partial charge on any atom is 0.259 e. The standard InChI is InChI=1S/C16H18N2O3/c19-16(9-11-4-1-2-5-12(11)10-16)15-17-14(18-21-15)8-13-6-3-7-20-13/h1-2,4-5,13,19H,3,6-10H2. The first-order chi connectivity index (χ1) is 10.2. The van der Waals surface area contributed by atoms with Crippen LogP contribution in [0.15, 0.2) is 28.8 Å². The molecule has 5 heteroatoms. The Morgan fingerprint density at radius 1 is 1.24 bits per heavy atom. The Hall–Kier alpha value is -1.72. The number of benzene rings is 1. The van der Waals surface area contributed by atoms with Crippen LogP contribution in [0.25, 0.3) is 0 Å². The Morgan fingerprint density at radius 3 is 2.67 bits per heavy atom. The highest BCUT2D eigenvalue weighted by atomic mass is 16.5. The molecule has 110 valence electrons. The molecule has 5 nitrogen and oxygen atoms in total. The molecule has 4 rings (SSSR count). The van der Waals surface area contributed by atoms with E-state index in [4.69, 9.17) is 9.26 Å². The largest absolute Gasteiger partial charge is 0.379 e. The molecule has 1 N–H and O–H groups in total. The number of aliphatic hydroxyl groups is 1. The maximum atomic E-state index is 10.8. The van der Waals surface area contributed by atoms with Gasteiger partial charge in [0.15, 0.2) is 11.4 Å². The van der Waals surface area contributed by atoms with Crippen LogP contribution in [0.3, 0.4) is 0 Å². The molecule has 0 radical (unpaired) electrons. The van der Waals surface area contributed by atoms with Gasteiger partial charge in [0.25, 0.3) is 5.89 Å². The summed E-state index contributed by atoms with van der Waals surface area (Å²) in [5.74, 6) is 0.952. The smallest absolute Gasteiger partial charge is 0.259 e. The lowest BCUT2D eigenvalue weighted by Gasteiger charge is -2.16. The molecule has 0 saturated carbocycles. The first-order valence-corrected chi connectivity index (χ1v) is 7.47.